The minimum atomic E-state index is -4.30. The second kappa shape index (κ2) is 3.65. The molecule has 0 radical (unpaired) electrons. The fraction of sp³-hybridized carbons (Fsp3) is 0.375. The second-order valence-corrected chi connectivity index (χ2v) is 3.13. The lowest BCUT2D eigenvalue weighted by molar-refractivity contribution is -0.138. The summed E-state index contributed by atoms with van der Waals surface area (Å²) in [5.41, 5.74) is -0.0489. The standard InChI is InChI=1S/C8H7BrF3N/c1-5-7(8(10,11)12)3-2-6(4-9)13-5/h2-3H,4H2,1H3. The third kappa shape index (κ3) is 2.43. The Morgan fingerprint density at radius 2 is 2.00 bits per heavy atom. The van der Waals surface area contributed by atoms with E-state index in [0.717, 1.165) is 6.07 Å². The molecule has 0 unspecified atom stereocenters. The average molecular weight is 254 g/mol. The second-order valence-electron chi connectivity index (χ2n) is 2.57. The van der Waals surface area contributed by atoms with Crippen molar-refractivity contribution in [2.45, 2.75) is 18.4 Å². The summed E-state index contributed by atoms with van der Waals surface area (Å²) in [6, 6.07) is 2.42. The van der Waals surface area contributed by atoms with E-state index in [1.807, 2.05) is 0 Å². The molecule has 0 saturated heterocycles. The highest BCUT2D eigenvalue weighted by molar-refractivity contribution is 9.08. The van der Waals surface area contributed by atoms with Crippen LogP contribution in [0.25, 0.3) is 0 Å². The highest BCUT2D eigenvalue weighted by atomic mass is 79.9. The molecule has 0 aliphatic carbocycles. The normalized spacial score (nSPS) is 11.8. The molecule has 0 amide bonds. The number of alkyl halides is 4. The van der Waals surface area contributed by atoms with Crippen LogP contribution >= 0.6 is 15.9 Å². The molecule has 13 heavy (non-hydrogen) atoms. The van der Waals surface area contributed by atoms with Crippen molar-refractivity contribution in [3.8, 4) is 0 Å². The van der Waals surface area contributed by atoms with Gasteiger partial charge in [-0.1, -0.05) is 15.9 Å². The molecular weight excluding hydrogens is 247 g/mol. The maximum absolute atomic E-state index is 12.2. The summed E-state index contributed by atoms with van der Waals surface area (Å²) >= 11 is 3.12. The summed E-state index contributed by atoms with van der Waals surface area (Å²) in [7, 11) is 0. The van der Waals surface area contributed by atoms with E-state index >= 15 is 0 Å². The van der Waals surface area contributed by atoms with E-state index in [1.165, 1.54) is 13.0 Å². The third-order valence-corrected chi connectivity index (χ3v) is 2.16. The van der Waals surface area contributed by atoms with Crippen molar-refractivity contribution in [3.05, 3.63) is 29.1 Å². The number of aryl methyl sites for hydroxylation is 1. The number of hydrogen-bond acceptors (Lipinski definition) is 1. The fourth-order valence-corrected chi connectivity index (χ4v) is 1.30. The molecule has 0 aromatic carbocycles. The minimum absolute atomic E-state index is 0.0180. The molecule has 1 heterocycles. The van der Waals surface area contributed by atoms with Gasteiger partial charge in [-0.05, 0) is 19.1 Å². The molecule has 0 spiro atoms. The Morgan fingerprint density at radius 3 is 2.38 bits per heavy atom. The molecule has 0 aliphatic rings. The lowest BCUT2D eigenvalue weighted by Crippen LogP contribution is -2.09. The molecule has 72 valence electrons. The maximum atomic E-state index is 12.2. The van der Waals surface area contributed by atoms with Gasteiger partial charge in [-0.3, -0.25) is 4.98 Å². The summed E-state index contributed by atoms with van der Waals surface area (Å²) in [6.45, 7) is 1.36. The molecule has 0 saturated carbocycles. The first kappa shape index (κ1) is 10.5. The van der Waals surface area contributed by atoms with Crippen molar-refractivity contribution in [3.63, 3.8) is 0 Å². The first-order chi connectivity index (χ1) is 5.95. The molecule has 1 rings (SSSR count). The van der Waals surface area contributed by atoms with E-state index in [1.54, 1.807) is 0 Å². The summed E-state index contributed by atoms with van der Waals surface area (Å²) < 4.78 is 36.7. The Morgan fingerprint density at radius 1 is 1.38 bits per heavy atom. The summed E-state index contributed by atoms with van der Waals surface area (Å²) in [6.07, 6.45) is -4.30. The van der Waals surface area contributed by atoms with E-state index < -0.39 is 11.7 Å². The van der Waals surface area contributed by atoms with Gasteiger partial charge in [0.1, 0.15) is 0 Å². The van der Waals surface area contributed by atoms with Crippen molar-refractivity contribution in [2.75, 3.05) is 0 Å². The molecule has 0 N–H and O–H groups in total. The van der Waals surface area contributed by atoms with E-state index in [9.17, 15) is 13.2 Å². The maximum Gasteiger partial charge on any atom is 0.418 e. The zero-order valence-electron chi connectivity index (χ0n) is 6.82. The predicted molar refractivity (Wildman–Crippen MR) is 46.6 cm³/mol. The number of nitrogens with zero attached hydrogens (tertiary/aromatic N) is 1. The number of hydrogen-bond donors (Lipinski definition) is 0. The summed E-state index contributed by atoms with van der Waals surface area (Å²) in [4.78, 5) is 3.79. The van der Waals surface area contributed by atoms with Crippen LogP contribution in [0.1, 0.15) is 17.0 Å². The van der Waals surface area contributed by atoms with Gasteiger partial charge in [0, 0.05) is 11.0 Å². The predicted octanol–water partition coefficient (Wildman–Crippen LogP) is 3.30. The van der Waals surface area contributed by atoms with E-state index in [2.05, 4.69) is 20.9 Å². The zero-order chi connectivity index (χ0) is 10.1. The molecule has 0 aliphatic heterocycles. The van der Waals surface area contributed by atoms with Gasteiger partial charge in [0.15, 0.2) is 0 Å². The highest BCUT2D eigenvalue weighted by Crippen LogP contribution is 2.31. The first-order valence-electron chi connectivity index (χ1n) is 3.55. The Bertz CT molecular complexity index is 309. The highest BCUT2D eigenvalue weighted by Gasteiger charge is 2.32. The van der Waals surface area contributed by atoms with E-state index in [-0.39, 0.29) is 5.69 Å². The monoisotopic (exact) mass is 253 g/mol. The smallest absolute Gasteiger partial charge is 0.257 e. The Hall–Kier alpha value is -0.580. The van der Waals surface area contributed by atoms with Crippen LogP contribution in [0.15, 0.2) is 12.1 Å². The summed E-state index contributed by atoms with van der Waals surface area (Å²) in [5.74, 6) is 0. The molecule has 1 nitrogen and oxygen atoms in total. The zero-order valence-corrected chi connectivity index (χ0v) is 8.41. The molecule has 1 aromatic heterocycles. The van der Waals surface area contributed by atoms with E-state index in [0.29, 0.717) is 11.0 Å². The van der Waals surface area contributed by atoms with Crippen LogP contribution in [-0.4, -0.2) is 4.98 Å². The van der Waals surface area contributed by atoms with Crippen LogP contribution in [-0.2, 0) is 11.5 Å². The molecular formula is C8H7BrF3N. The Kier molecular flexibility index (Phi) is 2.95. The van der Waals surface area contributed by atoms with Crippen LogP contribution in [0, 0.1) is 6.92 Å². The van der Waals surface area contributed by atoms with Crippen LogP contribution in [0.4, 0.5) is 13.2 Å². The third-order valence-electron chi connectivity index (χ3n) is 1.59. The van der Waals surface area contributed by atoms with Crippen molar-refractivity contribution >= 4 is 15.9 Å². The molecule has 0 fully saturated rings. The van der Waals surface area contributed by atoms with Gasteiger partial charge in [-0.2, -0.15) is 13.2 Å². The van der Waals surface area contributed by atoms with Crippen molar-refractivity contribution in [1.82, 2.24) is 4.98 Å². The Labute approximate surface area is 82.1 Å². The lowest BCUT2D eigenvalue weighted by Gasteiger charge is -2.09. The van der Waals surface area contributed by atoms with Gasteiger partial charge in [0.05, 0.1) is 11.3 Å². The van der Waals surface area contributed by atoms with E-state index in [4.69, 9.17) is 0 Å². The first-order valence-corrected chi connectivity index (χ1v) is 4.67. The molecule has 5 heteroatoms. The van der Waals surface area contributed by atoms with Crippen LogP contribution in [0.5, 0.6) is 0 Å². The van der Waals surface area contributed by atoms with Crippen molar-refractivity contribution in [1.29, 1.82) is 0 Å². The van der Waals surface area contributed by atoms with Gasteiger partial charge < -0.3 is 0 Å². The largest absolute Gasteiger partial charge is 0.418 e. The van der Waals surface area contributed by atoms with Crippen LogP contribution in [0.3, 0.4) is 0 Å². The average Bonchev–Trinajstić information content (AvgIpc) is 2.01. The van der Waals surface area contributed by atoms with Gasteiger partial charge in [0.2, 0.25) is 0 Å². The topological polar surface area (TPSA) is 12.9 Å². The molecule has 0 atom stereocenters. The van der Waals surface area contributed by atoms with Gasteiger partial charge >= 0.3 is 6.18 Å². The van der Waals surface area contributed by atoms with Gasteiger partial charge in [0.25, 0.3) is 0 Å². The van der Waals surface area contributed by atoms with Gasteiger partial charge in [-0.25, -0.2) is 0 Å². The van der Waals surface area contributed by atoms with Crippen molar-refractivity contribution < 1.29 is 13.2 Å². The van der Waals surface area contributed by atoms with Gasteiger partial charge in [-0.15, -0.1) is 0 Å². The summed E-state index contributed by atoms with van der Waals surface area (Å²) in [5, 5.41) is 0.464. The quantitative estimate of drug-likeness (QED) is 0.700. The molecule has 0 bridgehead atoms. The number of rotatable bonds is 1. The Balaban J connectivity index is 3.13. The number of pyridine rings is 1. The lowest BCUT2D eigenvalue weighted by atomic mass is 10.2. The van der Waals surface area contributed by atoms with Crippen molar-refractivity contribution in [2.24, 2.45) is 0 Å². The number of aromatic nitrogens is 1. The molecule has 1 aromatic rings. The number of halogens is 4. The minimum Gasteiger partial charge on any atom is -0.257 e. The SMILES string of the molecule is Cc1nc(CBr)ccc1C(F)(F)F. The fourth-order valence-electron chi connectivity index (χ4n) is 0.987. The van der Waals surface area contributed by atoms with Crippen LogP contribution in [0.2, 0.25) is 0 Å². The van der Waals surface area contributed by atoms with Crippen LogP contribution < -0.4 is 0 Å².